The van der Waals surface area contributed by atoms with E-state index in [1.165, 1.54) is 18.2 Å². The lowest BCUT2D eigenvalue weighted by atomic mass is 10.0. The Balaban J connectivity index is 2.02. The van der Waals surface area contributed by atoms with Crippen molar-refractivity contribution in [2.24, 2.45) is 5.92 Å². The van der Waals surface area contributed by atoms with Crippen LogP contribution in [0.3, 0.4) is 0 Å². The van der Waals surface area contributed by atoms with Crippen LogP contribution < -0.4 is 10.6 Å². The van der Waals surface area contributed by atoms with Crippen molar-refractivity contribution >= 4 is 35.0 Å². The molecule has 3 rings (SSSR count). The predicted molar refractivity (Wildman–Crippen MR) is 96.8 cm³/mol. The maximum Gasteiger partial charge on any atom is 0.434 e. The molecule has 11 heteroatoms. The molecule has 0 spiro atoms. The average Bonchev–Trinajstić information content (AvgIpc) is 3.08. The number of hydrogen-bond acceptors (Lipinski definition) is 3. The van der Waals surface area contributed by atoms with Gasteiger partial charge in [-0.15, -0.1) is 0 Å². The Morgan fingerprint density at radius 2 is 1.93 bits per heavy atom. The van der Waals surface area contributed by atoms with Gasteiger partial charge in [-0.2, -0.15) is 13.2 Å². The van der Waals surface area contributed by atoms with Gasteiger partial charge in [-0.05, 0) is 29.8 Å². The maximum absolute atomic E-state index is 13.5. The Morgan fingerprint density at radius 3 is 2.52 bits per heavy atom. The Hall–Kier alpha value is -2.39. The molecule has 29 heavy (non-hydrogen) atoms. The highest BCUT2D eigenvalue weighted by Crippen LogP contribution is 2.35. The monoisotopic (exact) mass is 449 g/mol. The van der Waals surface area contributed by atoms with Gasteiger partial charge in [0, 0.05) is 13.0 Å². The first kappa shape index (κ1) is 21.3. The van der Waals surface area contributed by atoms with Crippen molar-refractivity contribution in [1.82, 2.24) is 15.6 Å². The second kappa shape index (κ2) is 8.16. The molecule has 2 N–H and O–H groups in total. The Labute approximate surface area is 172 Å². The molecule has 1 unspecified atom stereocenters. The summed E-state index contributed by atoms with van der Waals surface area (Å²) >= 11 is 11.4. The van der Waals surface area contributed by atoms with Crippen LogP contribution in [0, 0.1) is 11.7 Å². The number of alkyl halides is 3. The first-order chi connectivity index (χ1) is 13.6. The Bertz CT molecular complexity index is 969. The summed E-state index contributed by atoms with van der Waals surface area (Å²) in [4.78, 5) is 27.5. The molecule has 1 saturated heterocycles. The van der Waals surface area contributed by atoms with Gasteiger partial charge in [0.05, 0.1) is 27.7 Å². The SMILES string of the molecule is O=C1C[C@H](C(=O)NC(c2ccc(F)c(Cl)c2)c2ccc(Cl)c(C(F)(F)F)n2)CN1. The summed E-state index contributed by atoms with van der Waals surface area (Å²) in [5.74, 6) is -2.31. The molecule has 0 radical (unpaired) electrons. The van der Waals surface area contributed by atoms with E-state index < -0.39 is 40.6 Å². The second-order valence-corrected chi connectivity index (χ2v) is 7.20. The number of halogens is 6. The third-order valence-corrected chi connectivity index (χ3v) is 4.94. The average molecular weight is 450 g/mol. The third kappa shape index (κ3) is 4.79. The molecule has 1 aromatic heterocycles. The molecule has 1 aromatic carbocycles. The smallest absolute Gasteiger partial charge is 0.355 e. The van der Waals surface area contributed by atoms with Crippen LogP contribution in [0.4, 0.5) is 17.6 Å². The van der Waals surface area contributed by atoms with Crippen LogP contribution in [0.5, 0.6) is 0 Å². The summed E-state index contributed by atoms with van der Waals surface area (Å²) < 4.78 is 53.2. The predicted octanol–water partition coefficient (Wildman–Crippen LogP) is 3.89. The number of pyridine rings is 1. The molecular formula is C18H13Cl2F4N3O2. The number of benzene rings is 1. The van der Waals surface area contributed by atoms with Crippen molar-refractivity contribution in [2.75, 3.05) is 6.54 Å². The van der Waals surface area contributed by atoms with Gasteiger partial charge in [-0.1, -0.05) is 29.3 Å². The summed E-state index contributed by atoms with van der Waals surface area (Å²) in [6.07, 6.45) is -4.87. The first-order valence-electron chi connectivity index (χ1n) is 8.32. The number of carbonyl (C=O) groups is 2. The third-order valence-electron chi connectivity index (χ3n) is 4.34. The molecule has 2 aromatic rings. The van der Waals surface area contributed by atoms with E-state index in [9.17, 15) is 27.2 Å². The first-order valence-corrected chi connectivity index (χ1v) is 9.07. The molecule has 154 valence electrons. The van der Waals surface area contributed by atoms with E-state index in [0.717, 1.165) is 12.1 Å². The van der Waals surface area contributed by atoms with Gasteiger partial charge in [0.25, 0.3) is 0 Å². The van der Waals surface area contributed by atoms with Gasteiger partial charge >= 0.3 is 6.18 Å². The van der Waals surface area contributed by atoms with E-state index in [-0.39, 0.29) is 35.2 Å². The van der Waals surface area contributed by atoms with Crippen molar-refractivity contribution in [3.63, 3.8) is 0 Å². The van der Waals surface area contributed by atoms with Crippen LogP contribution in [-0.4, -0.2) is 23.3 Å². The fourth-order valence-electron chi connectivity index (χ4n) is 2.89. The molecule has 1 aliphatic heterocycles. The quantitative estimate of drug-likeness (QED) is 0.695. The van der Waals surface area contributed by atoms with Gasteiger partial charge in [0.2, 0.25) is 11.8 Å². The number of carbonyl (C=O) groups excluding carboxylic acids is 2. The molecule has 0 saturated carbocycles. The number of aromatic nitrogens is 1. The van der Waals surface area contributed by atoms with E-state index in [0.29, 0.717) is 0 Å². The summed E-state index contributed by atoms with van der Waals surface area (Å²) in [6, 6.07) is 4.54. The van der Waals surface area contributed by atoms with Crippen LogP contribution in [0.2, 0.25) is 10.0 Å². The van der Waals surface area contributed by atoms with Crippen molar-refractivity contribution in [3.05, 3.63) is 63.1 Å². The zero-order valence-corrected chi connectivity index (χ0v) is 16.0. The topological polar surface area (TPSA) is 71.1 Å². The van der Waals surface area contributed by atoms with Crippen molar-refractivity contribution in [2.45, 2.75) is 18.6 Å². The number of hydrogen-bond donors (Lipinski definition) is 2. The molecule has 1 fully saturated rings. The summed E-state index contributed by atoms with van der Waals surface area (Å²) in [5.41, 5.74) is -1.28. The van der Waals surface area contributed by atoms with Gasteiger partial charge in [0.1, 0.15) is 5.82 Å². The van der Waals surface area contributed by atoms with Crippen LogP contribution in [-0.2, 0) is 15.8 Å². The number of amides is 2. The number of nitrogens with zero attached hydrogens (tertiary/aromatic N) is 1. The highest BCUT2D eigenvalue weighted by atomic mass is 35.5. The maximum atomic E-state index is 13.5. The molecule has 2 heterocycles. The second-order valence-electron chi connectivity index (χ2n) is 6.38. The standard InChI is InChI=1S/C18H13Cl2F4N3O2/c19-10-2-4-13(26-16(10)18(22,23)24)15(8-1-3-12(21)11(20)5-8)27-17(29)9-6-14(28)25-7-9/h1-5,9,15H,6-7H2,(H,25,28)(H,27,29)/t9-,15?/m0/s1. The number of nitrogens with one attached hydrogen (secondary N) is 2. The van der Waals surface area contributed by atoms with Crippen molar-refractivity contribution in [1.29, 1.82) is 0 Å². The molecular weight excluding hydrogens is 437 g/mol. The van der Waals surface area contributed by atoms with E-state index in [2.05, 4.69) is 15.6 Å². The molecule has 0 bridgehead atoms. The highest BCUT2D eigenvalue weighted by molar-refractivity contribution is 6.31. The van der Waals surface area contributed by atoms with Crippen molar-refractivity contribution < 1.29 is 27.2 Å². The van der Waals surface area contributed by atoms with Crippen LogP contribution in [0.15, 0.2) is 30.3 Å². The van der Waals surface area contributed by atoms with E-state index >= 15 is 0 Å². The highest BCUT2D eigenvalue weighted by Gasteiger charge is 2.37. The van der Waals surface area contributed by atoms with E-state index in [1.807, 2.05) is 0 Å². The minimum Gasteiger partial charge on any atom is -0.355 e. The van der Waals surface area contributed by atoms with E-state index in [4.69, 9.17) is 23.2 Å². The zero-order chi connectivity index (χ0) is 21.3. The van der Waals surface area contributed by atoms with E-state index in [1.54, 1.807) is 0 Å². The number of rotatable bonds is 4. The van der Waals surface area contributed by atoms with Gasteiger partial charge in [-0.25, -0.2) is 9.37 Å². The van der Waals surface area contributed by atoms with Crippen LogP contribution in [0.1, 0.15) is 29.4 Å². The summed E-state index contributed by atoms with van der Waals surface area (Å²) in [5, 5.41) is 4.20. The minimum atomic E-state index is -4.82. The lowest BCUT2D eigenvalue weighted by molar-refractivity contribution is -0.141. The largest absolute Gasteiger partial charge is 0.434 e. The minimum absolute atomic E-state index is 0.0510. The van der Waals surface area contributed by atoms with Gasteiger partial charge < -0.3 is 10.6 Å². The normalized spacial score (nSPS) is 17.7. The molecule has 2 atom stereocenters. The Kier molecular flexibility index (Phi) is 6.00. The molecule has 1 aliphatic rings. The lowest BCUT2D eigenvalue weighted by Crippen LogP contribution is -2.36. The molecule has 5 nitrogen and oxygen atoms in total. The zero-order valence-electron chi connectivity index (χ0n) is 14.5. The lowest BCUT2D eigenvalue weighted by Gasteiger charge is -2.22. The van der Waals surface area contributed by atoms with Gasteiger partial charge in [-0.3, -0.25) is 9.59 Å². The van der Waals surface area contributed by atoms with Crippen molar-refractivity contribution in [3.8, 4) is 0 Å². The summed E-state index contributed by atoms with van der Waals surface area (Å²) in [7, 11) is 0. The molecule has 0 aliphatic carbocycles. The fraction of sp³-hybridized carbons (Fsp3) is 0.278. The molecule has 2 amide bonds. The van der Waals surface area contributed by atoms with Crippen LogP contribution >= 0.6 is 23.2 Å². The van der Waals surface area contributed by atoms with Gasteiger partial charge in [0.15, 0.2) is 5.69 Å². The van der Waals surface area contributed by atoms with Crippen LogP contribution in [0.25, 0.3) is 0 Å². The Morgan fingerprint density at radius 1 is 1.21 bits per heavy atom. The fourth-order valence-corrected chi connectivity index (χ4v) is 3.29. The summed E-state index contributed by atoms with van der Waals surface area (Å²) in [6.45, 7) is 0.101.